The Labute approximate surface area is 81.4 Å². The maximum absolute atomic E-state index is 10.9. The highest BCUT2D eigenvalue weighted by Crippen LogP contribution is 2.13. The molecule has 0 fully saturated rings. The van der Waals surface area contributed by atoms with Gasteiger partial charge in [-0.05, 0) is 31.3 Å². The van der Waals surface area contributed by atoms with Crippen LogP contribution in [0.15, 0.2) is 21.9 Å². The molecule has 0 saturated carbocycles. The highest BCUT2D eigenvalue weighted by molar-refractivity contribution is 9.11. The molecule has 2 nitrogen and oxygen atoms in total. The van der Waals surface area contributed by atoms with E-state index in [0.29, 0.717) is 11.3 Å². The van der Waals surface area contributed by atoms with Gasteiger partial charge in [-0.25, -0.2) is 0 Å². The molecule has 0 N–H and O–H groups in total. The van der Waals surface area contributed by atoms with Gasteiger partial charge in [0.05, 0.1) is 7.11 Å². The summed E-state index contributed by atoms with van der Waals surface area (Å²) in [5, 5.41) is 0. The van der Waals surface area contributed by atoms with Crippen molar-refractivity contribution in [2.24, 2.45) is 0 Å². The van der Waals surface area contributed by atoms with E-state index < -0.39 is 0 Å². The lowest BCUT2D eigenvalue weighted by molar-refractivity contribution is -0.113. The van der Waals surface area contributed by atoms with Gasteiger partial charge in [-0.15, -0.1) is 0 Å². The Bertz CT molecular complexity index is 235. The number of hydrogen-bond donors (Lipinski definition) is 0. The third-order valence-corrected chi connectivity index (χ3v) is 1.68. The number of hydrogen-bond acceptors (Lipinski definition) is 2. The van der Waals surface area contributed by atoms with E-state index >= 15 is 0 Å². The summed E-state index contributed by atoms with van der Waals surface area (Å²) in [6, 6.07) is 0. The van der Waals surface area contributed by atoms with Gasteiger partial charge in [0.2, 0.25) is 0 Å². The number of carbonyl (C=O) groups is 1. The van der Waals surface area contributed by atoms with Crippen LogP contribution in [0.25, 0.3) is 0 Å². The number of carbonyl (C=O) groups excluding carboxylic acids is 1. The minimum atomic E-state index is 0.0249. The molecule has 0 saturated heterocycles. The summed E-state index contributed by atoms with van der Waals surface area (Å²) >= 11 is 3.27. The molecular weight excluding hydrogens is 220 g/mol. The molecule has 0 aliphatic heterocycles. The molecule has 0 aromatic rings. The van der Waals surface area contributed by atoms with E-state index in [9.17, 15) is 4.79 Å². The summed E-state index contributed by atoms with van der Waals surface area (Å²) in [4.78, 5) is 10.9. The van der Waals surface area contributed by atoms with E-state index in [-0.39, 0.29) is 5.78 Å². The second kappa shape index (κ2) is 5.14. The second-order valence-corrected chi connectivity index (χ2v) is 3.73. The smallest absolute Gasteiger partial charge is 0.159 e. The normalized spacial score (nSPS) is 13.9. The molecule has 0 atom stereocenters. The van der Waals surface area contributed by atoms with Gasteiger partial charge in [0, 0.05) is 5.57 Å². The number of ketones is 1. The zero-order valence-electron chi connectivity index (χ0n) is 7.77. The Morgan fingerprint density at radius 1 is 1.33 bits per heavy atom. The van der Waals surface area contributed by atoms with Crippen molar-refractivity contribution < 1.29 is 9.53 Å². The molecule has 0 heterocycles. The lowest BCUT2D eigenvalue weighted by Gasteiger charge is -2.04. The lowest BCUT2D eigenvalue weighted by Crippen LogP contribution is -1.98. The molecule has 3 heteroatoms. The van der Waals surface area contributed by atoms with Crippen LogP contribution in [0.3, 0.4) is 0 Å². The number of ether oxygens (including phenoxy) is 1. The van der Waals surface area contributed by atoms with Gasteiger partial charge in [-0.3, -0.25) is 4.79 Å². The molecule has 0 spiro atoms. The molecule has 0 unspecified atom stereocenters. The van der Waals surface area contributed by atoms with E-state index in [1.807, 2.05) is 6.92 Å². The van der Waals surface area contributed by atoms with Crippen LogP contribution in [0.5, 0.6) is 0 Å². The van der Waals surface area contributed by atoms with Crippen LogP contribution in [0.1, 0.15) is 20.8 Å². The number of halogens is 1. The van der Waals surface area contributed by atoms with Crippen molar-refractivity contribution in [3.8, 4) is 0 Å². The fourth-order valence-corrected chi connectivity index (χ4v) is 0.882. The Morgan fingerprint density at radius 2 is 1.83 bits per heavy atom. The van der Waals surface area contributed by atoms with Crippen LogP contribution in [-0.4, -0.2) is 12.9 Å². The van der Waals surface area contributed by atoms with Crippen molar-refractivity contribution in [1.82, 2.24) is 0 Å². The first kappa shape index (κ1) is 11.4. The third kappa shape index (κ3) is 3.72. The van der Waals surface area contributed by atoms with Crippen LogP contribution in [0, 0.1) is 0 Å². The summed E-state index contributed by atoms with van der Waals surface area (Å²) in [6.45, 7) is 5.14. The van der Waals surface area contributed by atoms with Crippen molar-refractivity contribution in [2.75, 3.05) is 7.11 Å². The fraction of sp³-hybridized carbons (Fsp3) is 0.444. The molecule has 68 valence electrons. The van der Waals surface area contributed by atoms with Crippen molar-refractivity contribution in [1.29, 1.82) is 0 Å². The number of rotatable bonds is 3. The molecule has 0 rings (SSSR count). The van der Waals surface area contributed by atoms with E-state index in [4.69, 9.17) is 4.74 Å². The van der Waals surface area contributed by atoms with E-state index in [2.05, 4.69) is 15.9 Å². The molecule has 0 aromatic heterocycles. The van der Waals surface area contributed by atoms with Gasteiger partial charge in [0.25, 0.3) is 0 Å². The maximum atomic E-state index is 10.9. The first-order chi connectivity index (χ1) is 5.49. The standard InChI is InChI=1S/C9H13BrO2/c1-6(10)5-9(12-4)7(2)8(3)11/h5H,1-4H3. The van der Waals surface area contributed by atoms with Gasteiger partial charge in [-0.1, -0.05) is 15.9 Å². The third-order valence-electron chi connectivity index (χ3n) is 1.45. The Kier molecular flexibility index (Phi) is 4.90. The molecular formula is C9H13BrO2. The molecule has 0 aliphatic rings. The molecule has 0 aliphatic carbocycles. The number of methoxy groups -OCH3 is 1. The monoisotopic (exact) mass is 232 g/mol. The molecule has 0 radical (unpaired) electrons. The van der Waals surface area contributed by atoms with Gasteiger partial charge >= 0.3 is 0 Å². The SMILES string of the molecule is COC(C=C(C)Br)=C(C)C(C)=O. The minimum absolute atomic E-state index is 0.0249. The summed E-state index contributed by atoms with van der Waals surface area (Å²) in [7, 11) is 1.55. The van der Waals surface area contributed by atoms with Gasteiger partial charge in [-0.2, -0.15) is 0 Å². The number of Topliss-reactive ketones (excluding diaryl/α,β-unsaturated/α-hetero) is 1. The van der Waals surface area contributed by atoms with Crippen LogP contribution >= 0.6 is 15.9 Å². The van der Waals surface area contributed by atoms with Crippen LogP contribution in [0.2, 0.25) is 0 Å². The largest absolute Gasteiger partial charge is 0.496 e. The lowest BCUT2D eigenvalue weighted by atomic mass is 10.2. The van der Waals surface area contributed by atoms with E-state index in [1.165, 1.54) is 6.92 Å². The van der Waals surface area contributed by atoms with Crippen LogP contribution in [-0.2, 0) is 9.53 Å². The average Bonchev–Trinajstić information content (AvgIpc) is 1.98. The topological polar surface area (TPSA) is 26.3 Å². The predicted octanol–water partition coefficient (Wildman–Crippen LogP) is 2.79. The summed E-state index contributed by atoms with van der Waals surface area (Å²) in [5.74, 6) is 0.633. The average molecular weight is 233 g/mol. The Morgan fingerprint density at radius 3 is 2.08 bits per heavy atom. The van der Waals surface area contributed by atoms with Crippen molar-refractivity contribution in [3.63, 3.8) is 0 Å². The minimum Gasteiger partial charge on any atom is -0.496 e. The van der Waals surface area contributed by atoms with Crippen LogP contribution in [0.4, 0.5) is 0 Å². The van der Waals surface area contributed by atoms with E-state index in [1.54, 1.807) is 20.1 Å². The van der Waals surface area contributed by atoms with Crippen molar-refractivity contribution in [2.45, 2.75) is 20.8 Å². The van der Waals surface area contributed by atoms with Crippen LogP contribution < -0.4 is 0 Å². The quantitative estimate of drug-likeness (QED) is 0.425. The highest BCUT2D eigenvalue weighted by atomic mass is 79.9. The predicted molar refractivity (Wildman–Crippen MR) is 53.1 cm³/mol. The summed E-state index contributed by atoms with van der Waals surface area (Å²) < 4.78 is 5.97. The zero-order valence-corrected chi connectivity index (χ0v) is 9.36. The molecule has 0 bridgehead atoms. The fourth-order valence-electron chi connectivity index (χ4n) is 0.674. The number of allylic oxidation sites excluding steroid dienone is 3. The van der Waals surface area contributed by atoms with Gasteiger partial charge < -0.3 is 4.74 Å². The molecule has 0 amide bonds. The summed E-state index contributed by atoms with van der Waals surface area (Å²) in [6.07, 6.45) is 1.77. The summed E-state index contributed by atoms with van der Waals surface area (Å²) in [5.41, 5.74) is 0.635. The van der Waals surface area contributed by atoms with Crippen molar-refractivity contribution >= 4 is 21.7 Å². The molecule has 12 heavy (non-hydrogen) atoms. The maximum Gasteiger partial charge on any atom is 0.159 e. The Balaban J connectivity index is 4.87. The second-order valence-electron chi connectivity index (χ2n) is 2.48. The van der Waals surface area contributed by atoms with Crippen molar-refractivity contribution in [3.05, 3.63) is 21.9 Å². The van der Waals surface area contributed by atoms with Gasteiger partial charge in [0.15, 0.2) is 5.78 Å². The first-order valence-corrected chi connectivity index (χ1v) is 4.38. The molecule has 0 aromatic carbocycles. The zero-order chi connectivity index (χ0) is 9.72. The van der Waals surface area contributed by atoms with Gasteiger partial charge in [0.1, 0.15) is 5.76 Å². The first-order valence-electron chi connectivity index (χ1n) is 3.58. The highest BCUT2D eigenvalue weighted by Gasteiger charge is 2.03. The van der Waals surface area contributed by atoms with E-state index in [0.717, 1.165) is 4.48 Å². The Hall–Kier alpha value is -0.570.